The first-order valence-corrected chi connectivity index (χ1v) is 21.8. The summed E-state index contributed by atoms with van der Waals surface area (Å²) in [6, 6.07) is 33.2. The van der Waals surface area contributed by atoms with Gasteiger partial charge < -0.3 is 48.1 Å². The highest BCUT2D eigenvalue weighted by Crippen LogP contribution is 2.30. The van der Waals surface area contributed by atoms with Gasteiger partial charge in [0.15, 0.2) is 5.96 Å². The van der Waals surface area contributed by atoms with E-state index in [1.165, 1.54) is 0 Å². The van der Waals surface area contributed by atoms with Gasteiger partial charge in [0, 0.05) is 42.1 Å². The molecule has 66 heavy (non-hydrogen) atoms. The number of amides is 6. The lowest BCUT2D eigenvalue weighted by atomic mass is 10.00. The van der Waals surface area contributed by atoms with E-state index in [4.69, 9.17) is 16.2 Å². The molecule has 0 spiro atoms. The Kier molecular flexibility index (Phi) is 18.6. The van der Waals surface area contributed by atoms with E-state index < -0.39 is 66.2 Å². The van der Waals surface area contributed by atoms with Crippen LogP contribution < -0.4 is 48.1 Å². The molecule has 0 fully saturated rings. The van der Waals surface area contributed by atoms with Crippen molar-refractivity contribution >= 4 is 57.9 Å². The quantitative estimate of drug-likeness (QED) is 0.0270. The summed E-state index contributed by atoms with van der Waals surface area (Å²) in [5.41, 5.74) is 13.2. The van der Waals surface area contributed by atoms with Crippen LogP contribution in [0.3, 0.4) is 0 Å². The third-order valence-electron chi connectivity index (χ3n) is 10.5. The smallest absolute Gasteiger partial charge is 0.251 e. The molecule has 4 unspecified atom stereocenters. The fourth-order valence-electron chi connectivity index (χ4n) is 7.25. The number of aliphatic imine (C=N–C) groups is 1. The van der Waals surface area contributed by atoms with Crippen LogP contribution in [0.5, 0.6) is 5.75 Å². The number of methoxy groups -OCH3 is 1. The van der Waals surface area contributed by atoms with Gasteiger partial charge in [0.2, 0.25) is 29.5 Å². The Labute approximate surface area is 384 Å². The second-order valence-electron chi connectivity index (χ2n) is 16.2. The lowest BCUT2D eigenvalue weighted by Crippen LogP contribution is -2.58. The van der Waals surface area contributed by atoms with Crippen molar-refractivity contribution in [3.05, 3.63) is 144 Å². The Bertz CT molecular complexity index is 2450. The molecule has 0 heterocycles. The molecule has 10 N–H and O–H groups in total. The van der Waals surface area contributed by atoms with Crippen LogP contribution in [0.2, 0.25) is 0 Å². The zero-order valence-corrected chi connectivity index (χ0v) is 37.4. The molecule has 4 atom stereocenters. The molecular formula is C50H59N9O7. The van der Waals surface area contributed by atoms with E-state index in [0.717, 1.165) is 21.9 Å². The Morgan fingerprint density at radius 3 is 1.77 bits per heavy atom. The highest BCUT2D eigenvalue weighted by molar-refractivity contribution is 6.02. The highest BCUT2D eigenvalue weighted by atomic mass is 16.5. The van der Waals surface area contributed by atoms with Crippen LogP contribution in [0, 0.1) is 5.92 Å². The number of carbonyl (C=O) groups is 6. The SMILES string of the molecule is COc1cc(NC(=O)C(CC(C)C)NC(=O)C(Cc2ccccc2)NC(=O)C(Cc2ccccc2)NC(=O)CNC(=O)C(CCCN=C(N)N)NC(=O)c2ccccc2)cc2ccccc12. The van der Waals surface area contributed by atoms with Crippen molar-refractivity contribution in [1.82, 2.24) is 26.6 Å². The number of carbonyl (C=O) groups excluding carboxylic acids is 6. The molecule has 5 rings (SSSR count). The molecule has 5 aromatic carbocycles. The second-order valence-corrected chi connectivity index (χ2v) is 16.2. The number of hydrogen-bond acceptors (Lipinski definition) is 8. The van der Waals surface area contributed by atoms with E-state index in [1.807, 2.05) is 80.6 Å². The van der Waals surface area contributed by atoms with Crippen molar-refractivity contribution < 1.29 is 33.5 Å². The number of nitrogens with one attached hydrogen (secondary N) is 6. The monoisotopic (exact) mass is 897 g/mol. The zero-order chi connectivity index (χ0) is 47.4. The minimum absolute atomic E-state index is 0.000383. The van der Waals surface area contributed by atoms with E-state index >= 15 is 0 Å². The molecule has 0 aromatic heterocycles. The standard InChI is InChI=1S/C50H59N9O7/c1-32(2)26-40(47(63)55-37-29-36-22-13-14-23-38(36)43(30-37)66-3)58-49(65)42(28-34-18-9-5-10-19-34)59-48(64)41(27-33-16-7-4-8-17-33)56-44(60)31-54-46(62)39(24-15-25-53-50(51)52)57-45(61)35-20-11-6-12-21-35/h4-14,16-23,29-30,32,39-42H,15,24-28,31H2,1-3H3,(H,54,62)(H,55,63)(H,56,60)(H,57,61)(H,58,65)(H,59,64)(H4,51,52,53). The van der Waals surface area contributed by atoms with Crippen molar-refractivity contribution in [2.45, 2.75) is 70.1 Å². The first kappa shape index (κ1) is 49.3. The lowest BCUT2D eigenvalue weighted by Gasteiger charge is -2.26. The minimum atomic E-state index is -1.20. The largest absolute Gasteiger partial charge is 0.496 e. The number of guanidine groups is 1. The van der Waals surface area contributed by atoms with E-state index in [0.29, 0.717) is 29.8 Å². The molecule has 0 bridgehead atoms. The maximum Gasteiger partial charge on any atom is 0.251 e. The third-order valence-corrected chi connectivity index (χ3v) is 10.5. The third kappa shape index (κ3) is 15.5. The Morgan fingerprint density at radius 1 is 0.621 bits per heavy atom. The van der Waals surface area contributed by atoms with Crippen LogP contribution in [0.1, 0.15) is 54.6 Å². The summed E-state index contributed by atoms with van der Waals surface area (Å²) < 4.78 is 5.60. The van der Waals surface area contributed by atoms with Crippen LogP contribution in [0.4, 0.5) is 5.69 Å². The molecule has 16 nitrogen and oxygen atoms in total. The van der Waals surface area contributed by atoms with Gasteiger partial charge in [0.1, 0.15) is 29.9 Å². The fraction of sp³-hybridized carbons (Fsp3) is 0.300. The molecule has 0 saturated heterocycles. The number of benzene rings is 5. The van der Waals surface area contributed by atoms with E-state index in [9.17, 15) is 28.8 Å². The van der Waals surface area contributed by atoms with Gasteiger partial charge in [-0.05, 0) is 59.9 Å². The van der Waals surface area contributed by atoms with E-state index in [1.54, 1.807) is 67.8 Å². The number of ether oxygens (including phenoxy) is 1. The molecule has 16 heteroatoms. The average molecular weight is 898 g/mol. The lowest BCUT2D eigenvalue weighted by molar-refractivity contribution is -0.133. The number of rotatable bonds is 23. The van der Waals surface area contributed by atoms with Crippen LogP contribution in [-0.4, -0.2) is 85.8 Å². The van der Waals surface area contributed by atoms with Gasteiger partial charge in [-0.3, -0.25) is 33.8 Å². The summed E-state index contributed by atoms with van der Waals surface area (Å²) in [6.07, 6.45) is 0.902. The van der Waals surface area contributed by atoms with Crippen LogP contribution in [0.25, 0.3) is 10.8 Å². The van der Waals surface area contributed by atoms with Gasteiger partial charge >= 0.3 is 0 Å². The zero-order valence-electron chi connectivity index (χ0n) is 37.4. The maximum absolute atomic E-state index is 14.3. The number of nitrogens with two attached hydrogens (primary N) is 2. The van der Waals surface area contributed by atoms with Crippen molar-refractivity contribution in [2.24, 2.45) is 22.4 Å². The highest BCUT2D eigenvalue weighted by Gasteiger charge is 2.31. The summed E-state index contributed by atoms with van der Waals surface area (Å²) in [4.78, 5) is 86.7. The van der Waals surface area contributed by atoms with Gasteiger partial charge in [-0.15, -0.1) is 0 Å². The molecule has 0 aliphatic heterocycles. The van der Waals surface area contributed by atoms with Gasteiger partial charge in [0.05, 0.1) is 13.7 Å². The minimum Gasteiger partial charge on any atom is -0.496 e. The predicted molar refractivity (Wildman–Crippen MR) is 255 cm³/mol. The Morgan fingerprint density at radius 2 is 1.18 bits per heavy atom. The maximum atomic E-state index is 14.3. The van der Waals surface area contributed by atoms with Crippen LogP contribution in [-0.2, 0) is 36.8 Å². The molecule has 346 valence electrons. The topological polar surface area (TPSA) is 248 Å². The number of anilines is 1. The molecule has 5 aromatic rings. The van der Waals surface area contributed by atoms with Crippen molar-refractivity contribution in [3.63, 3.8) is 0 Å². The number of nitrogens with zero attached hydrogens (tertiary/aromatic N) is 1. The van der Waals surface area contributed by atoms with Crippen molar-refractivity contribution in [1.29, 1.82) is 0 Å². The molecule has 0 aliphatic carbocycles. The summed E-state index contributed by atoms with van der Waals surface area (Å²) in [7, 11) is 1.55. The van der Waals surface area contributed by atoms with Gasteiger partial charge in [0.25, 0.3) is 5.91 Å². The second kappa shape index (κ2) is 24.9. The molecule has 0 saturated carbocycles. The number of hydrogen-bond donors (Lipinski definition) is 8. The van der Waals surface area contributed by atoms with Gasteiger partial charge in [-0.2, -0.15) is 0 Å². The predicted octanol–water partition coefficient (Wildman–Crippen LogP) is 3.74. The summed E-state index contributed by atoms with van der Waals surface area (Å²) in [6.45, 7) is 3.54. The Balaban J connectivity index is 1.32. The van der Waals surface area contributed by atoms with E-state index in [-0.39, 0.29) is 37.7 Å². The van der Waals surface area contributed by atoms with Crippen LogP contribution in [0.15, 0.2) is 132 Å². The molecule has 0 aliphatic rings. The summed E-state index contributed by atoms with van der Waals surface area (Å²) >= 11 is 0. The normalized spacial score (nSPS) is 12.7. The van der Waals surface area contributed by atoms with Gasteiger partial charge in [-0.1, -0.05) is 117 Å². The van der Waals surface area contributed by atoms with Crippen LogP contribution >= 0.6 is 0 Å². The first-order chi connectivity index (χ1) is 31.8. The Hall–Kier alpha value is -7.75. The fourth-order valence-corrected chi connectivity index (χ4v) is 7.25. The molecular weight excluding hydrogens is 839 g/mol. The van der Waals surface area contributed by atoms with E-state index in [2.05, 4.69) is 36.9 Å². The first-order valence-electron chi connectivity index (χ1n) is 21.8. The molecule has 0 radical (unpaired) electrons. The van der Waals surface area contributed by atoms with Crippen molar-refractivity contribution in [2.75, 3.05) is 25.5 Å². The van der Waals surface area contributed by atoms with Crippen molar-refractivity contribution in [3.8, 4) is 5.75 Å². The van der Waals surface area contributed by atoms with Gasteiger partial charge in [-0.25, -0.2) is 0 Å². The number of fused-ring (bicyclic) bond motifs is 1. The summed E-state index contributed by atoms with van der Waals surface area (Å²) in [5.74, 6) is -3.09. The summed E-state index contributed by atoms with van der Waals surface area (Å²) in [5, 5.41) is 18.4. The molecule has 6 amide bonds. The average Bonchev–Trinajstić information content (AvgIpc) is 3.31.